The van der Waals surface area contributed by atoms with Crippen LogP contribution in [0.4, 0.5) is 0 Å². The van der Waals surface area contributed by atoms with Crippen LogP contribution >= 0.6 is 0 Å². The lowest BCUT2D eigenvalue weighted by atomic mass is 10.2. The summed E-state index contributed by atoms with van der Waals surface area (Å²) in [4.78, 5) is 28.6. The minimum atomic E-state index is -0.113. The molecule has 0 aliphatic carbocycles. The van der Waals surface area contributed by atoms with Crippen molar-refractivity contribution in [2.24, 2.45) is 0 Å². The van der Waals surface area contributed by atoms with Crippen LogP contribution in [0, 0.1) is 6.92 Å². The second-order valence-corrected chi connectivity index (χ2v) is 7.16. The number of amides is 2. The summed E-state index contributed by atoms with van der Waals surface area (Å²) in [5.41, 5.74) is 2.07. The number of aromatic nitrogens is 2. The molecule has 0 unspecified atom stereocenters. The molecule has 0 fully saturated rings. The van der Waals surface area contributed by atoms with Crippen LogP contribution in [0.5, 0.6) is 0 Å². The van der Waals surface area contributed by atoms with Crippen molar-refractivity contribution < 1.29 is 14.3 Å². The zero-order valence-corrected chi connectivity index (χ0v) is 17.2. The molecule has 0 bridgehead atoms. The maximum atomic E-state index is 12.4. The molecule has 28 heavy (non-hydrogen) atoms. The largest absolute Gasteiger partial charge is 0.379 e. The summed E-state index contributed by atoms with van der Waals surface area (Å²) >= 11 is 0. The summed E-state index contributed by atoms with van der Waals surface area (Å²) in [5, 5.41) is 5.86. The number of carbonyl (C=O) groups excluding carboxylic acids is 2. The number of nitrogens with zero attached hydrogens (tertiary/aromatic N) is 2. The molecule has 0 atom stereocenters. The molecule has 2 rings (SSSR count). The molecule has 0 saturated carbocycles. The van der Waals surface area contributed by atoms with Crippen molar-refractivity contribution in [3.63, 3.8) is 0 Å². The second-order valence-electron chi connectivity index (χ2n) is 7.16. The lowest BCUT2D eigenvalue weighted by Crippen LogP contribution is -2.27. The van der Waals surface area contributed by atoms with Gasteiger partial charge in [0.05, 0.1) is 11.8 Å². The Labute approximate surface area is 166 Å². The molecule has 0 aliphatic heterocycles. The number of unbranched alkanes of at least 4 members (excludes halogenated alkanes) is 2. The van der Waals surface area contributed by atoms with E-state index in [2.05, 4.69) is 15.6 Å². The van der Waals surface area contributed by atoms with Crippen LogP contribution in [0.15, 0.2) is 24.4 Å². The van der Waals surface area contributed by atoms with Crippen molar-refractivity contribution in [3.05, 3.63) is 35.8 Å². The van der Waals surface area contributed by atoms with Gasteiger partial charge < -0.3 is 15.4 Å². The lowest BCUT2D eigenvalue weighted by molar-refractivity contribution is -0.121. The molecule has 154 valence electrons. The highest BCUT2D eigenvalue weighted by atomic mass is 16.5. The fourth-order valence-electron chi connectivity index (χ4n) is 2.97. The van der Waals surface area contributed by atoms with E-state index < -0.39 is 0 Å². The zero-order valence-electron chi connectivity index (χ0n) is 17.2. The smallest absolute Gasteiger partial charge is 0.270 e. The maximum absolute atomic E-state index is 12.4. The molecule has 2 aromatic rings. The van der Waals surface area contributed by atoms with E-state index >= 15 is 0 Å². The number of hydrogen-bond donors (Lipinski definition) is 2. The van der Waals surface area contributed by atoms with E-state index in [1.807, 2.05) is 45.2 Å². The van der Waals surface area contributed by atoms with Gasteiger partial charge >= 0.3 is 0 Å². The van der Waals surface area contributed by atoms with Gasteiger partial charge in [-0.15, -0.1) is 0 Å². The number of rotatable bonds is 12. The van der Waals surface area contributed by atoms with Crippen LogP contribution in [0.25, 0.3) is 5.65 Å². The third kappa shape index (κ3) is 6.96. The summed E-state index contributed by atoms with van der Waals surface area (Å²) in [6.45, 7) is 7.76. The predicted octanol–water partition coefficient (Wildman–Crippen LogP) is 2.86. The Bertz CT molecular complexity index is 770. The Morgan fingerprint density at radius 2 is 1.89 bits per heavy atom. The van der Waals surface area contributed by atoms with E-state index in [-0.39, 0.29) is 17.9 Å². The number of hydrogen-bond acceptors (Lipinski definition) is 4. The van der Waals surface area contributed by atoms with Crippen LogP contribution < -0.4 is 10.6 Å². The van der Waals surface area contributed by atoms with Crippen LogP contribution in [0.3, 0.4) is 0 Å². The average molecular weight is 389 g/mol. The second kappa shape index (κ2) is 11.4. The normalized spacial score (nSPS) is 11.1. The van der Waals surface area contributed by atoms with Crippen molar-refractivity contribution in [2.45, 2.75) is 59.0 Å². The van der Waals surface area contributed by atoms with E-state index in [0.29, 0.717) is 31.8 Å². The molecule has 2 aromatic heterocycles. The molecule has 2 heterocycles. The van der Waals surface area contributed by atoms with Gasteiger partial charge in [0.2, 0.25) is 5.91 Å². The summed E-state index contributed by atoms with van der Waals surface area (Å²) in [6, 6.07) is 5.67. The first-order valence-electron chi connectivity index (χ1n) is 10.1. The van der Waals surface area contributed by atoms with Gasteiger partial charge in [-0.1, -0.05) is 12.5 Å². The number of carbonyl (C=O) groups is 2. The van der Waals surface area contributed by atoms with Gasteiger partial charge in [-0.25, -0.2) is 4.98 Å². The fourth-order valence-corrected chi connectivity index (χ4v) is 2.97. The van der Waals surface area contributed by atoms with E-state index in [1.165, 1.54) is 0 Å². The third-order valence-electron chi connectivity index (χ3n) is 4.38. The monoisotopic (exact) mass is 388 g/mol. The Morgan fingerprint density at radius 3 is 2.68 bits per heavy atom. The van der Waals surface area contributed by atoms with E-state index in [4.69, 9.17) is 4.74 Å². The van der Waals surface area contributed by atoms with E-state index in [9.17, 15) is 9.59 Å². The van der Waals surface area contributed by atoms with Gasteiger partial charge in [0.15, 0.2) is 0 Å². The third-order valence-corrected chi connectivity index (χ3v) is 4.38. The minimum absolute atomic E-state index is 0.0786. The average Bonchev–Trinajstić information content (AvgIpc) is 2.99. The highest BCUT2D eigenvalue weighted by Gasteiger charge is 2.15. The predicted molar refractivity (Wildman–Crippen MR) is 109 cm³/mol. The van der Waals surface area contributed by atoms with Gasteiger partial charge in [-0.3, -0.25) is 14.0 Å². The molecule has 2 N–H and O–H groups in total. The fraction of sp³-hybridized carbons (Fsp3) is 0.571. The first-order valence-corrected chi connectivity index (χ1v) is 10.1. The lowest BCUT2D eigenvalue weighted by Gasteiger charge is -2.08. The van der Waals surface area contributed by atoms with Gasteiger partial charge in [0.25, 0.3) is 5.91 Å². The van der Waals surface area contributed by atoms with Crippen molar-refractivity contribution in [2.75, 3.05) is 19.7 Å². The quantitative estimate of drug-likeness (QED) is 0.548. The highest BCUT2D eigenvalue weighted by Crippen LogP contribution is 2.11. The topological polar surface area (TPSA) is 84.7 Å². The van der Waals surface area contributed by atoms with E-state index in [1.54, 1.807) is 4.40 Å². The number of aryl methyl sites for hydroxylation is 1. The molecule has 0 spiro atoms. The zero-order chi connectivity index (χ0) is 20.4. The first kappa shape index (κ1) is 21.9. The number of fused-ring (bicyclic) bond motifs is 1. The van der Waals surface area contributed by atoms with Crippen molar-refractivity contribution in [1.82, 2.24) is 20.0 Å². The van der Waals surface area contributed by atoms with Crippen LogP contribution in [0.1, 0.15) is 62.1 Å². The molecule has 7 heteroatoms. The number of imidazole rings is 1. The standard InChI is InChI=1S/C21H32N4O3/c1-16(2)28-15-9-13-22-19(26)11-5-4-7-12-23-21(27)20-17(3)24-18-10-6-8-14-25(18)20/h6,8,10,14,16H,4-5,7,9,11-13,15H2,1-3H3,(H,22,26)(H,23,27). The van der Waals surface area contributed by atoms with Gasteiger partial charge in [0.1, 0.15) is 11.3 Å². The molecular weight excluding hydrogens is 356 g/mol. The van der Waals surface area contributed by atoms with Crippen LogP contribution in [0.2, 0.25) is 0 Å². The highest BCUT2D eigenvalue weighted by molar-refractivity contribution is 5.94. The molecule has 2 amide bonds. The molecule has 0 aromatic carbocycles. The minimum Gasteiger partial charge on any atom is -0.379 e. The van der Waals surface area contributed by atoms with Gasteiger partial charge in [-0.2, -0.15) is 0 Å². The van der Waals surface area contributed by atoms with Gasteiger partial charge in [0, 0.05) is 32.3 Å². The number of nitrogens with one attached hydrogen (secondary N) is 2. The Balaban J connectivity index is 1.57. The van der Waals surface area contributed by atoms with Crippen LogP contribution in [-0.2, 0) is 9.53 Å². The maximum Gasteiger partial charge on any atom is 0.270 e. The molecule has 0 radical (unpaired) electrons. The molecule has 0 saturated heterocycles. The van der Waals surface area contributed by atoms with Crippen molar-refractivity contribution in [1.29, 1.82) is 0 Å². The van der Waals surface area contributed by atoms with Crippen molar-refractivity contribution >= 4 is 17.5 Å². The molecule has 7 nitrogen and oxygen atoms in total. The SMILES string of the molecule is Cc1nc2ccccn2c1C(=O)NCCCCCC(=O)NCCCOC(C)C. The summed E-state index contributed by atoms with van der Waals surface area (Å²) in [6.07, 6.45) is 5.99. The van der Waals surface area contributed by atoms with Crippen molar-refractivity contribution in [3.8, 4) is 0 Å². The van der Waals surface area contributed by atoms with Crippen LogP contribution in [-0.4, -0.2) is 47.0 Å². The Kier molecular flexibility index (Phi) is 8.94. The number of ether oxygens (including phenoxy) is 1. The molecule has 0 aliphatic rings. The first-order chi connectivity index (χ1) is 13.5. The van der Waals surface area contributed by atoms with E-state index in [0.717, 1.165) is 37.0 Å². The van der Waals surface area contributed by atoms with Gasteiger partial charge in [-0.05, 0) is 52.2 Å². The Morgan fingerprint density at radius 1 is 1.11 bits per heavy atom. The Hall–Kier alpha value is -2.41. The molecular formula is C21H32N4O3. The summed E-state index contributed by atoms with van der Waals surface area (Å²) in [7, 11) is 0. The number of pyridine rings is 1. The summed E-state index contributed by atoms with van der Waals surface area (Å²) < 4.78 is 7.24. The summed E-state index contributed by atoms with van der Waals surface area (Å²) in [5.74, 6) is -0.0347.